The molecule has 2 aromatic rings. The molecular formula is C43H66Br6O4. The van der Waals surface area contributed by atoms with Crippen LogP contribution >= 0.6 is 95.6 Å². The van der Waals surface area contributed by atoms with Crippen LogP contribution in [0.4, 0.5) is 0 Å². The van der Waals surface area contributed by atoms with Crippen LogP contribution in [0.5, 0.6) is 11.5 Å². The van der Waals surface area contributed by atoms with Gasteiger partial charge in [0.25, 0.3) is 0 Å². The third-order valence-electron chi connectivity index (χ3n) is 9.22. The Bertz CT molecular complexity index is 1080. The number of hydrogen-bond donors (Lipinski definition) is 0. The van der Waals surface area contributed by atoms with Gasteiger partial charge in [-0.15, -0.1) is 0 Å². The Morgan fingerprint density at radius 3 is 1.00 bits per heavy atom. The zero-order valence-electron chi connectivity index (χ0n) is 32.5. The van der Waals surface area contributed by atoms with Crippen LogP contribution in [0.2, 0.25) is 0 Å². The highest BCUT2D eigenvalue weighted by Crippen LogP contribution is 2.38. The Labute approximate surface area is 373 Å². The van der Waals surface area contributed by atoms with Crippen molar-refractivity contribution in [3.8, 4) is 11.5 Å². The van der Waals surface area contributed by atoms with E-state index < -0.39 is 0 Å². The van der Waals surface area contributed by atoms with E-state index in [0.717, 1.165) is 61.9 Å². The number of ether oxygens (including phenoxy) is 4. The summed E-state index contributed by atoms with van der Waals surface area (Å²) in [5, 5.41) is 0. The summed E-state index contributed by atoms with van der Waals surface area (Å²) >= 11 is 22.4. The first-order valence-electron chi connectivity index (χ1n) is 20.4. The van der Waals surface area contributed by atoms with E-state index in [1.807, 2.05) is 0 Å². The number of hydrogen-bond acceptors (Lipinski definition) is 4. The van der Waals surface area contributed by atoms with Crippen LogP contribution in [-0.4, -0.2) is 49.3 Å². The van der Waals surface area contributed by atoms with Crippen molar-refractivity contribution < 1.29 is 18.9 Å². The third kappa shape index (κ3) is 24.4. The minimum Gasteiger partial charge on any atom is -0.490 e. The van der Waals surface area contributed by atoms with E-state index >= 15 is 0 Å². The fourth-order valence-corrected chi connectivity index (χ4v) is 9.85. The van der Waals surface area contributed by atoms with Crippen molar-refractivity contribution >= 4 is 95.6 Å². The average molecular weight is 1130 g/mol. The number of rotatable bonds is 34. The normalized spacial score (nSPS) is 12.7. The molecule has 0 spiro atoms. The molecule has 2 aromatic carbocycles. The van der Waals surface area contributed by atoms with E-state index in [2.05, 4.69) is 134 Å². The summed E-state index contributed by atoms with van der Waals surface area (Å²) < 4.78 is 27.9. The lowest BCUT2D eigenvalue weighted by atomic mass is 10.0. The van der Waals surface area contributed by atoms with Gasteiger partial charge in [0, 0.05) is 13.2 Å². The van der Waals surface area contributed by atoms with Gasteiger partial charge >= 0.3 is 0 Å². The van der Waals surface area contributed by atoms with Gasteiger partial charge in [0.15, 0.2) is 0 Å². The maximum Gasteiger partial charge on any atom is 0.147 e. The average Bonchev–Trinajstić information content (AvgIpc) is 3.11. The van der Waals surface area contributed by atoms with Crippen molar-refractivity contribution in [1.82, 2.24) is 0 Å². The molecule has 0 bridgehead atoms. The molecule has 0 saturated carbocycles. The van der Waals surface area contributed by atoms with E-state index in [0.29, 0.717) is 26.4 Å². The highest BCUT2D eigenvalue weighted by molar-refractivity contribution is 9.11. The van der Waals surface area contributed by atoms with Gasteiger partial charge in [0.2, 0.25) is 0 Å². The lowest BCUT2D eigenvalue weighted by Crippen LogP contribution is -2.18. The largest absolute Gasteiger partial charge is 0.490 e. The molecule has 0 heterocycles. The number of benzene rings is 2. The molecule has 0 aliphatic carbocycles. The van der Waals surface area contributed by atoms with Gasteiger partial charge in [-0.3, -0.25) is 0 Å². The van der Waals surface area contributed by atoms with E-state index in [9.17, 15) is 0 Å². The van der Waals surface area contributed by atoms with E-state index in [4.69, 9.17) is 18.9 Å². The van der Waals surface area contributed by atoms with Crippen LogP contribution in [0.25, 0.3) is 0 Å². The fraction of sp³-hybridized carbons (Fsp3) is 0.721. The predicted octanol–water partition coefficient (Wildman–Crippen LogP) is 16.5. The summed E-state index contributed by atoms with van der Waals surface area (Å²) in [6, 6.07) is 8.51. The molecule has 0 amide bonds. The second-order valence-corrected chi connectivity index (χ2v) is 20.3. The van der Waals surface area contributed by atoms with Crippen molar-refractivity contribution in [2.75, 3.05) is 39.6 Å². The molecule has 0 N–H and O–H groups in total. The quantitative estimate of drug-likeness (QED) is 0.0517. The zero-order chi connectivity index (χ0) is 38.5. The second kappa shape index (κ2) is 32.8. The second-order valence-electron chi connectivity index (χ2n) is 14.3. The first-order valence-corrected chi connectivity index (χ1v) is 25.4. The SMILES string of the molecule is CCCCCCCCCCCCOCC(Br)COc1c(Br)cc(Cc2cc(Br)c(OCC(Br)COCCCCCCCCCCCC)c(Br)c2)cc1Br. The van der Waals surface area contributed by atoms with Crippen LogP contribution in [0, 0.1) is 0 Å². The van der Waals surface area contributed by atoms with Crippen molar-refractivity contribution in [1.29, 1.82) is 0 Å². The van der Waals surface area contributed by atoms with Crippen molar-refractivity contribution in [3.63, 3.8) is 0 Å². The van der Waals surface area contributed by atoms with Crippen molar-refractivity contribution in [2.24, 2.45) is 0 Å². The van der Waals surface area contributed by atoms with Gasteiger partial charge in [-0.1, -0.05) is 161 Å². The molecule has 2 rings (SSSR count). The Morgan fingerprint density at radius 1 is 0.415 bits per heavy atom. The number of unbranched alkanes of at least 4 members (excludes halogenated alkanes) is 18. The van der Waals surface area contributed by atoms with Crippen LogP contribution < -0.4 is 9.47 Å². The molecule has 0 aliphatic rings. The summed E-state index contributed by atoms with van der Waals surface area (Å²) in [6.45, 7) is 8.50. The van der Waals surface area contributed by atoms with Crippen LogP contribution in [0.15, 0.2) is 42.2 Å². The standard InChI is InChI=1S/C43H66Br6O4/c1-3-5-7-9-11-13-15-17-19-21-23-50-30-36(44)32-52-42-38(46)26-34(27-39(42)47)25-35-28-40(48)43(41(49)29-35)53-33-37(45)31-51-24-22-20-18-16-14-12-10-8-6-4-2/h26-29,36-37H,3-25,30-33H2,1-2H3. The summed E-state index contributed by atoms with van der Waals surface area (Å²) in [5.41, 5.74) is 2.33. The Morgan fingerprint density at radius 2 is 0.698 bits per heavy atom. The Balaban J connectivity index is 1.65. The van der Waals surface area contributed by atoms with Gasteiger partial charge in [0.1, 0.15) is 24.7 Å². The summed E-state index contributed by atoms with van der Waals surface area (Å²) in [4.78, 5) is 0.252. The number of halogens is 6. The third-order valence-corrected chi connectivity index (χ3v) is 12.6. The molecule has 2 unspecified atom stereocenters. The Hall–Kier alpha value is 0.840. The number of alkyl halides is 2. The molecule has 0 aromatic heterocycles. The van der Waals surface area contributed by atoms with Crippen molar-refractivity contribution in [2.45, 2.75) is 158 Å². The molecular weight excluding hydrogens is 1060 g/mol. The summed E-state index contributed by atoms with van der Waals surface area (Å²) in [7, 11) is 0. The van der Waals surface area contributed by atoms with E-state index in [1.165, 1.54) is 127 Å². The van der Waals surface area contributed by atoms with Crippen LogP contribution in [0.3, 0.4) is 0 Å². The molecule has 0 aliphatic heterocycles. The molecule has 4 nitrogen and oxygen atoms in total. The van der Waals surface area contributed by atoms with Gasteiger partial charge in [0.05, 0.1) is 40.8 Å². The zero-order valence-corrected chi connectivity index (χ0v) is 42.0. The monoisotopic (exact) mass is 1120 g/mol. The maximum atomic E-state index is 6.19. The Kier molecular flexibility index (Phi) is 30.9. The van der Waals surface area contributed by atoms with Crippen LogP contribution in [0.1, 0.15) is 153 Å². The topological polar surface area (TPSA) is 36.9 Å². The fourth-order valence-electron chi connectivity index (χ4n) is 6.19. The molecule has 0 fully saturated rings. The van der Waals surface area contributed by atoms with Gasteiger partial charge in [-0.25, -0.2) is 0 Å². The molecule has 2 atom stereocenters. The minimum atomic E-state index is 0.126. The molecule has 0 saturated heterocycles. The van der Waals surface area contributed by atoms with Gasteiger partial charge in [-0.05, 0) is 118 Å². The van der Waals surface area contributed by atoms with Crippen molar-refractivity contribution in [3.05, 3.63) is 53.3 Å². The highest BCUT2D eigenvalue weighted by Gasteiger charge is 2.16. The lowest BCUT2D eigenvalue weighted by Gasteiger charge is -2.17. The first-order chi connectivity index (χ1) is 25.7. The summed E-state index contributed by atoms with van der Waals surface area (Å²) in [6.07, 6.45) is 27.4. The minimum absolute atomic E-state index is 0.126. The van der Waals surface area contributed by atoms with E-state index in [-0.39, 0.29) is 9.65 Å². The first kappa shape index (κ1) is 50.0. The van der Waals surface area contributed by atoms with Gasteiger partial charge in [-0.2, -0.15) is 0 Å². The molecule has 53 heavy (non-hydrogen) atoms. The molecule has 10 heteroatoms. The molecule has 0 radical (unpaired) electrons. The molecule has 304 valence electrons. The van der Waals surface area contributed by atoms with E-state index in [1.54, 1.807) is 0 Å². The maximum absolute atomic E-state index is 6.19. The van der Waals surface area contributed by atoms with Gasteiger partial charge < -0.3 is 18.9 Å². The predicted molar refractivity (Wildman–Crippen MR) is 248 cm³/mol. The smallest absolute Gasteiger partial charge is 0.147 e. The summed E-state index contributed by atoms with van der Waals surface area (Å²) in [5.74, 6) is 1.60. The highest BCUT2D eigenvalue weighted by atomic mass is 79.9. The lowest BCUT2D eigenvalue weighted by molar-refractivity contribution is 0.121. The van der Waals surface area contributed by atoms with Crippen LogP contribution in [-0.2, 0) is 15.9 Å².